The first-order valence-corrected chi connectivity index (χ1v) is 12.9. The van der Waals surface area contributed by atoms with Crippen molar-refractivity contribution in [2.75, 3.05) is 13.1 Å². The van der Waals surface area contributed by atoms with Crippen molar-refractivity contribution in [3.63, 3.8) is 0 Å². The summed E-state index contributed by atoms with van der Waals surface area (Å²) in [5.41, 5.74) is 12.0. The maximum Gasteiger partial charge on any atom is 0.254 e. The zero-order valence-electron chi connectivity index (χ0n) is 21.8. The lowest BCUT2D eigenvalue weighted by Crippen LogP contribution is -2.40. The van der Waals surface area contributed by atoms with Gasteiger partial charge in [-0.1, -0.05) is 68.8 Å². The Kier molecular flexibility index (Phi) is 8.42. The van der Waals surface area contributed by atoms with Gasteiger partial charge in [-0.05, 0) is 61.6 Å². The number of amides is 1. The molecule has 186 valence electrons. The third-order valence-corrected chi connectivity index (χ3v) is 6.71. The van der Waals surface area contributed by atoms with Gasteiger partial charge in [0.15, 0.2) is 0 Å². The van der Waals surface area contributed by atoms with Crippen molar-refractivity contribution < 1.29 is 4.79 Å². The summed E-state index contributed by atoms with van der Waals surface area (Å²) >= 11 is 0. The monoisotopic (exact) mass is 480 g/mol. The highest BCUT2D eigenvalue weighted by atomic mass is 16.2. The van der Waals surface area contributed by atoms with E-state index in [1.807, 2.05) is 48.2 Å². The zero-order valence-corrected chi connectivity index (χ0v) is 21.8. The number of aryl methyl sites for hydroxylation is 2. The normalized spacial score (nSPS) is 14.3. The van der Waals surface area contributed by atoms with Crippen molar-refractivity contribution in [3.05, 3.63) is 102 Å². The summed E-state index contributed by atoms with van der Waals surface area (Å²) in [4.78, 5) is 21.1. The Morgan fingerprint density at radius 1 is 1.17 bits per heavy atom. The first kappa shape index (κ1) is 25.9. The van der Waals surface area contributed by atoms with Gasteiger partial charge in [0.2, 0.25) is 0 Å². The Hall–Kier alpha value is -3.18. The van der Waals surface area contributed by atoms with Gasteiger partial charge in [-0.2, -0.15) is 0 Å². The largest absolute Gasteiger partial charge is 0.330 e. The molecule has 0 fully saturated rings. The maximum absolute atomic E-state index is 13.9. The number of aromatic nitrogens is 2. The highest BCUT2D eigenvalue weighted by Crippen LogP contribution is 2.34. The fraction of sp³-hybridized carbons (Fsp3) is 0.355. The second-order valence-electron chi connectivity index (χ2n) is 9.71. The van der Waals surface area contributed by atoms with Crippen LogP contribution in [0.15, 0.2) is 66.3 Å². The predicted octanol–water partition coefficient (Wildman–Crippen LogP) is 5.75. The van der Waals surface area contributed by atoms with Gasteiger partial charge in [0, 0.05) is 31.5 Å². The number of fused-ring (bicyclic) bond motifs is 1. The number of imidazole rings is 1. The molecular formula is C31H36N4O. The first-order chi connectivity index (χ1) is 17.4. The Morgan fingerprint density at radius 2 is 1.94 bits per heavy atom. The van der Waals surface area contributed by atoms with Crippen molar-refractivity contribution in [1.29, 1.82) is 0 Å². The van der Waals surface area contributed by atoms with Crippen LogP contribution < -0.4 is 5.73 Å². The molecule has 4 radical (unpaired) electrons. The van der Waals surface area contributed by atoms with Crippen molar-refractivity contribution in [2.24, 2.45) is 11.7 Å². The Bertz CT molecular complexity index is 1250. The van der Waals surface area contributed by atoms with Gasteiger partial charge in [0.1, 0.15) is 5.82 Å². The molecule has 0 saturated heterocycles. The van der Waals surface area contributed by atoms with Gasteiger partial charge in [0.25, 0.3) is 5.91 Å². The van der Waals surface area contributed by atoms with Crippen LogP contribution in [0.4, 0.5) is 0 Å². The molecule has 0 bridgehead atoms. The van der Waals surface area contributed by atoms with Crippen molar-refractivity contribution in [1.82, 2.24) is 14.5 Å². The van der Waals surface area contributed by atoms with E-state index >= 15 is 0 Å². The Labute approximate surface area is 215 Å². The number of hydrogen-bond donors (Lipinski definition) is 1. The summed E-state index contributed by atoms with van der Waals surface area (Å²) in [6, 6.07) is 14.0. The van der Waals surface area contributed by atoms with Crippen LogP contribution in [0.5, 0.6) is 0 Å². The van der Waals surface area contributed by atoms with E-state index in [1.54, 1.807) is 0 Å². The molecule has 2 aromatic carbocycles. The minimum atomic E-state index is -0.213. The van der Waals surface area contributed by atoms with E-state index in [-0.39, 0.29) is 17.9 Å². The van der Waals surface area contributed by atoms with Gasteiger partial charge in [-0.3, -0.25) is 4.79 Å². The fourth-order valence-corrected chi connectivity index (χ4v) is 4.84. The number of nitrogens with two attached hydrogens (primary N) is 1. The van der Waals surface area contributed by atoms with Gasteiger partial charge in [0.05, 0.1) is 17.1 Å². The molecule has 4 rings (SSSR count). The topological polar surface area (TPSA) is 64.2 Å². The molecule has 3 aromatic rings. The number of carbonyl (C=O) groups is 1. The van der Waals surface area contributed by atoms with Crippen LogP contribution in [-0.2, 0) is 13.0 Å². The van der Waals surface area contributed by atoms with E-state index in [2.05, 4.69) is 62.5 Å². The molecule has 1 amide bonds. The summed E-state index contributed by atoms with van der Waals surface area (Å²) in [7, 11) is 0. The van der Waals surface area contributed by atoms with E-state index in [4.69, 9.17) is 10.7 Å². The molecule has 1 aliphatic carbocycles. The number of allylic oxidation sites excluding steroid dienone is 4. The van der Waals surface area contributed by atoms with Crippen LogP contribution in [0.1, 0.15) is 60.5 Å². The average Bonchev–Trinajstić information content (AvgIpc) is 3.24. The van der Waals surface area contributed by atoms with Crippen LogP contribution in [0, 0.1) is 25.7 Å². The van der Waals surface area contributed by atoms with Crippen molar-refractivity contribution in [3.8, 4) is 0 Å². The minimum absolute atomic E-state index is 0.0103. The highest BCUT2D eigenvalue weighted by molar-refractivity contribution is 5.94. The molecule has 1 aromatic heterocycles. The third-order valence-electron chi connectivity index (χ3n) is 6.71. The highest BCUT2D eigenvalue weighted by Gasteiger charge is 2.33. The number of nitrogens with zero attached hydrogens (tertiary/aromatic N) is 3. The molecular weight excluding hydrogens is 444 g/mol. The smallest absolute Gasteiger partial charge is 0.254 e. The van der Waals surface area contributed by atoms with E-state index < -0.39 is 0 Å². The van der Waals surface area contributed by atoms with Crippen LogP contribution in [0.25, 0.3) is 11.0 Å². The molecule has 36 heavy (non-hydrogen) atoms. The molecule has 0 unspecified atom stereocenters. The summed E-state index contributed by atoms with van der Waals surface area (Å²) in [6.07, 6.45) is 13.8. The number of para-hydroxylation sites is 1. The van der Waals surface area contributed by atoms with Crippen molar-refractivity contribution in [2.45, 2.75) is 53.1 Å². The fourth-order valence-electron chi connectivity index (χ4n) is 4.84. The SMILES string of the molecule is CCc1cccc2c1nc([C@@H](C(C)C)N(CCCN)C(=O)c1ccc(C)cc1)n2CC1=CC=C[C][C]1. The lowest BCUT2D eigenvalue weighted by Gasteiger charge is -2.35. The van der Waals surface area contributed by atoms with E-state index in [9.17, 15) is 4.79 Å². The molecule has 0 spiro atoms. The lowest BCUT2D eigenvalue weighted by molar-refractivity contribution is 0.0605. The van der Waals surface area contributed by atoms with Gasteiger partial charge in [-0.25, -0.2) is 4.98 Å². The predicted molar refractivity (Wildman–Crippen MR) is 146 cm³/mol. The average molecular weight is 481 g/mol. The molecule has 5 heteroatoms. The number of rotatable bonds is 10. The summed E-state index contributed by atoms with van der Waals surface area (Å²) in [6.45, 7) is 10.2. The molecule has 1 aliphatic rings. The molecule has 1 heterocycles. The van der Waals surface area contributed by atoms with Crippen LogP contribution >= 0.6 is 0 Å². The lowest BCUT2D eigenvalue weighted by atomic mass is 9.99. The van der Waals surface area contributed by atoms with Crippen LogP contribution in [-0.4, -0.2) is 33.4 Å². The summed E-state index contributed by atoms with van der Waals surface area (Å²) in [5, 5.41) is 0. The molecule has 1 atom stereocenters. The quantitative estimate of drug-likeness (QED) is 0.402. The molecule has 5 nitrogen and oxygen atoms in total. The van der Waals surface area contributed by atoms with Gasteiger partial charge in [-0.15, -0.1) is 0 Å². The number of benzene rings is 2. The molecule has 0 aliphatic heterocycles. The Balaban J connectivity index is 1.87. The van der Waals surface area contributed by atoms with Crippen LogP contribution in [0.3, 0.4) is 0 Å². The van der Waals surface area contributed by atoms with Crippen molar-refractivity contribution >= 4 is 16.9 Å². The molecule has 0 saturated carbocycles. The van der Waals surface area contributed by atoms with E-state index in [1.165, 1.54) is 5.56 Å². The van der Waals surface area contributed by atoms with Gasteiger partial charge < -0.3 is 15.2 Å². The second-order valence-corrected chi connectivity index (χ2v) is 9.71. The Morgan fingerprint density at radius 3 is 2.58 bits per heavy atom. The zero-order chi connectivity index (χ0) is 25.7. The van der Waals surface area contributed by atoms with E-state index in [0.717, 1.165) is 40.8 Å². The molecule has 2 N–H and O–H groups in total. The summed E-state index contributed by atoms with van der Waals surface area (Å²) < 4.78 is 2.26. The first-order valence-electron chi connectivity index (χ1n) is 12.9. The maximum atomic E-state index is 13.9. The third kappa shape index (κ3) is 5.46. The van der Waals surface area contributed by atoms with Gasteiger partial charge >= 0.3 is 0 Å². The number of hydrogen-bond acceptors (Lipinski definition) is 3. The van der Waals surface area contributed by atoms with E-state index in [0.29, 0.717) is 25.2 Å². The summed E-state index contributed by atoms with van der Waals surface area (Å²) in [5.74, 6) is 1.05. The second kappa shape index (κ2) is 11.7. The standard InChI is InChI=1S/C31H36N4O/c1-5-25-13-9-14-27-28(25)33-30(35(27)21-24-11-7-6-8-12-24)29(22(2)3)34(20-10-19-32)31(36)26-17-15-23(4)16-18-26/h6-7,9,11,13-18,22,29H,5,10,19-21,32H2,1-4H3/t29-/m1/s1. The van der Waals surface area contributed by atoms with Crippen LogP contribution in [0.2, 0.25) is 0 Å². The number of carbonyl (C=O) groups excluding carboxylic acids is 1. The minimum Gasteiger partial charge on any atom is -0.330 e.